The van der Waals surface area contributed by atoms with E-state index < -0.39 is 0 Å². The van der Waals surface area contributed by atoms with Crippen LogP contribution in [0.5, 0.6) is 0 Å². The average Bonchev–Trinajstić information content (AvgIpc) is 3.05. The summed E-state index contributed by atoms with van der Waals surface area (Å²) in [5, 5.41) is 1.01. The van der Waals surface area contributed by atoms with Gasteiger partial charge in [-0.3, -0.25) is 4.79 Å². The van der Waals surface area contributed by atoms with E-state index in [1.54, 1.807) is 23.6 Å². The molecule has 2 aromatic rings. The molecular weight excluding hydrogens is 320 g/mol. The Morgan fingerprint density at radius 1 is 1.33 bits per heavy atom. The van der Waals surface area contributed by atoms with Gasteiger partial charge in [0, 0.05) is 49.5 Å². The average molecular weight is 342 g/mol. The van der Waals surface area contributed by atoms with Crippen LogP contribution in [0.3, 0.4) is 0 Å². The topological polar surface area (TPSA) is 49.3 Å². The number of thiazole rings is 1. The van der Waals surface area contributed by atoms with Crippen molar-refractivity contribution in [2.75, 3.05) is 25.0 Å². The fourth-order valence-electron chi connectivity index (χ4n) is 2.93. The maximum absolute atomic E-state index is 12.4. The van der Waals surface area contributed by atoms with Gasteiger partial charge >= 0.3 is 0 Å². The number of pyridine rings is 1. The molecule has 5 nitrogen and oxygen atoms in total. The lowest BCUT2D eigenvalue weighted by Crippen LogP contribution is -2.45. The lowest BCUT2D eigenvalue weighted by atomic mass is 10.0. The minimum atomic E-state index is 0.0531. The third kappa shape index (κ3) is 4.00. The van der Waals surface area contributed by atoms with Crippen LogP contribution in [0.25, 0.3) is 6.08 Å². The Hall–Kier alpha value is -2.21. The molecule has 1 aliphatic rings. The van der Waals surface area contributed by atoms with Crippen molar-refractivity contribution < 1.29 is 4.79 Å². The maximum Gasteiger partial charge on any atom is 0.246 e. The summed E-state index contributed by atoms with van der Waals surface area (Å²) < 4.78 is 0. The van der Waals surface area contributed by atoms with Gasteiger partial charge in [0.25, 0.3) is 0 Å². The van der Waals surface area contributed by atoms with Gasteiger partial charge in [-0.15, -0.1) is 11.3 Å². The summed E-state index contributed by atoms with van der Waals surface area (Å²) in [4.78, 5) is 26.1. The molecule has 0 atom stereocenters. The van der Waals surface area contributed by atoms with Gasteiger partial charge in [-0.05, 0) is 38.0 Å². The quantitative estimate of drug-likeness (QED) is 0.802. The molecule has 0 saturated carbocycles. The number of piperidine rings is 1. The number of aromatic nitrogens is 2. The number of nitrogens with zero attached hydrogens (tertiary/aromatic N) is 4. The zero-order chi connectivity index (χ0) is 16.9. The molecule has 0 N–H and O–H groups in total. The molecule has 126 valence electrons. The Labute approximate surface area is 146 Å². The van der Waals surface area contributed by atoms with E-state index in [0.717, 1.165) is 41.6 Å². The summed E-state index contributed by atoms with van der Waals surface area (Å²) in [6.07, 6.45) is 9.06. The second kappa shape index (κ2) is 7.57. The Morgan fingerprint density at radius 2 is 2.12 bits per heavy atom. The Morgan fingerprint density at radius 3 is 2.75 bits per heavy atom. The van der Waals surface area contributed by atoms with E-state index in [0.29, 0.717) is 0 Å². The SMILES string of the molecule is Cc1ncc(/C=C/C(=O)N(C)C2CCN(c3ccccn3)CC2)s1. The van der Waals surface area contributed by atoms with Crippen LogP contribution in [-0.4, -0.2) is 47.0 Å². The van der Waals surface area contributed by atoms with Crippen molar-refractivity contribution in [3.8, 4) is 0 Å². The predicted molar refractivity (Wildman–Crippen MR) is 98.1 cm³/mol. The molecule has 0 aliphatic carbocycles. The van der Waals surface area contributed by atoms with Crippen molar-refractivity contribution in [3.63, 3.8) is 0 Å². The van der Waals surface area contributed by atoms with E-state index in [-0.39, 0.29) is 11.9 Å². The molecule has 0 radical (unpaired) electrons. The van der Waals surface area contributed by atoms with E-state index in [1.807, 2.05) is 49.3 Å². The molecule has 0 unspecified atom stereocenters. The van der Waals surface area contributed by atoms with Crippen molar-refractivity contribution in [2.24, 2.45) is 0 Å². The van der Waals surface area contributed by atoms with Crippen LogP contribution in [-0.2, 0) is 4.79 Å². The molecule has 6 heteroatoms. The van der Waals surface area contributed by atoms with Gasteiger partial charge in [-0.1, -0.05) is 6.07 Å². The highest BCUT2D eigenvalue weighted by Gasteiger charge is 2.24. The number of carbonyl (C=O) groups is 1. The largest absolute Gasteiger partial charge is 0.356 e. The number of hydrogen-bond donors (Lipinski definition) is 0. The summed E-state index contributed by atoms with van der Waals surface area (Å²) in [6, 6.07) is 6.26. The molecule has 3 heterocycles. The highest BCUT2D eigenvalue weighted by Crippen LogP contribution is 2.20. The molecule has 0 spiro atoms. The van der Waals surface area contributed by atoms with Gasteiger partial charge in [0.15, 0.2) is 0 Å². The van der Waals surface area contributed by atoms with E-state index in [1.165, 1.54) is 0 Å². The van der Waals surface area contributed by atoms with Gasteiger partial charge in [0.1, 0.15) is 5.82 Å². The Balaban J connectivity index is 1.53. The van der Waals surface area contributed by atoms with E-state index >= 15 is 0 Å². The molecule has 2 aromatic heterocycles. The number of hydrogen-bond acceptors (Lipinski definition) is 5. The molecule has 1 amide bonds. The van der Waals surface area contributed by atoms with Gasteiger partial charge in [-0.25, -0.2) is 9.97 Å². The molecule has 0 aromatic carbocycles. The summed E-state index contributed by atoms with van der Waals surface area (Å²) in [7, 11) is 1.89. The normalized spacial score (nSPS) is 15.8. The van der Waals surface area contributed by atoms with Crippen LogP contribution in [0.1, 0.15) is 22.7 Å². The number of rotatable bonds is 4. The molecular formula is C18H22N4OS. The van der Waals surface area contributed by atoms with Crippen molar-refractivity contribution in [1.82, 2.24) is 14.9 Å². The number of anilines is 1. The minimum absolute atomic E-state index is 0.0531. The highest BCUT2D eigenvalue weighted by atomic mass is 32.1. The number of amides is 1. The first kappa shape index (κ1) is 16.6. The first-order chi connectivity index (χ1) is 11.6. The van der Waals surface area contributed by atoms with Crippen LogP contribution in [0.15, 0.2) is 36.7 Å². The first-order valence-electron chi connectivity index (χ1n) is 8.17. The number of carbonyl (C=O) groups excluding carboxylic acids is 1. The number of likely N-dealkylation sites (N-methyl/N-ethyl adjacent to an activating group) is 1. The van der Waals surface area contributed by atoms with Crippen molar-refractivity contribution >= 4 is 29.1 Å². The van der Waals surface area contributed by atoms with Gasteiger partial charge in [0.05, 0.1) is 5.01 Å². The van der Waals surface area contributed by atoms with Crippen LogP contribution in [0.4, 0.5) is 5.82 Å². The standard InChI is InChI=1S/C18H22N4OS/c1-14-20-13-16(24-14)6-7-18(23)21(2)15-8-11-22(12-9-15)17-5-3-4-10-19-17/h3-7,10,13,15H,8-9,11-12H2,1-2H3/b7-6+. The second-order valence-corrected chi connectivity index (χ2v) is 7.24. The second-order valence-electron chi connectivity index (χ2n) is 5.97. The fraction of sp³-hybridized carbons (Fsp3) is 0.389. The molecule has 24 heavy (non-hydrogen) atoms. The van der Waals surface area contributed by atoms with E-state index in [9.17, 15) is 4.79 Å². The van der Waals surface area contributed by atoms with Crippen LogP contribution < -0.4 is 4.90 Å². The first-order valence-corrected chi connectivity index (χ1v) is 8.98. The molecule has 1 fully saturated rings. The van der Waals surface area contributed by atoms with Crippen molar-refractivity contribution in [3.05, 3.63) is 46.6 Å². The third-order valence-corrected chi connectivity index (χ3v) is 5.24. The fourth-order valence-corrected chi connectivity index (χ4v) is 3.62. The van der Waals surface area contributed by atoms with E-state index in [4.69, 9.17) is 0 Å². The number of aryl methyl sites for hydroxylation is 1. The zero-order valence-corrected chi connectivity index (χ0v) is 14.9. The summed E-state index contributed by atoms with van der Waals surface area (Å²) >= 11 is 1.59. The highest BCUT2D eigenvalue weighted by molar-refractivity contribution is 7.12. The summed E-state index contributed by atoms with van der Waals surface area (Å²) in [6.45, 7) is 3.82. The van der Waals surface area contributed by atoms with Crippen molar-refractivity contribution in [2.45, 2.75) is 25.8 Å². The predicted octanol–water partition coefficient (Wildman–Crippen LogP) is 2.99. The molecule has 0 bridgehead atoms. The molecule has 3 rings (SSSR count). The Kier molecular flexibility index (Phi) is 5.25. The summed E-state index contributed by atoms with van der Waals surface area (Å²) in [5.41, 5.74) is 0. The Bertz CT molecular complexity index is 705. The van der Waals surface area contributed by atoms with Crippen LogP contribution >= 0.6 is 11.3 Å². The lowest BCUT2D eigenvalue weighted by Gasteiger charge is -2.37. The minimum Gasteiger partial charge on any atom is -0.356 e. The monoisotopic (exact) mass is 342 g/mol. The van der Waals surface area contributed by atoms with E-state index in [2.05, 4.69) is 14.9 Å². The lowest BCUT2D eigenvalue weighted by molar-refractivity contribution is -0.127. The third-order valence-electron chi connectivity index (χ3n) is 4.36. The molecule has 1 aliphatic heterocycles. The summed E-state index contributed by atoms with van der Waals surface area (Å²) in [5.74, 6) is 1.07. The van der Waals surface area contributed by atoms with Gasteiger partial charge in [0.2, 0.25) is 5.91 Å². The zero-order valence-electron chi connectivity index (χ0n) is 14.1. The van der Waals surface area contributed by atoms with Gasteiger partial charge < -0.3 is 9.80 Å². The van der Waals surface area contributed by atoms with Crippen LogP contribution in [0.2, 0.25) is 0 Å². The smallest absolute Gasteiger partial charge is 0.246 e. The molecule has 1 saturated heterocycles. The van der Waals surface area contributed by atoms with Crippen molar-refractivity contribution in [1.29, 1.82) is 0 Å². The maximum atomic E-state index is 12.4. The van der Waals surface area contributed by atoms with Gasteiger partial charge in [-0.2, -0.15) is 0 Å². The van der Waals surface area contributed by atoms with Crippen LogP contribution in [0, 0.1) is 6.92 Å².